The average Bonchev–Trinajstić information content (AvgIpc) is 3.26. The molecule has 0 unspecified atom stereocenters. The molecule has 0 fully saturated rings. The first kappa shape index (κ1) is 15.0. The Kier molecular flexibility index (Phi) is 3.44. The molecule has 0 radical (unpaired) electrons. The molecule has 3 N–H and O–H groups in total. The number of H-pyrrole nitrogens is 1. The number of fused-ring (bicyclic) bond motifs is 1. The van der Waals surface area contributed by atoms with E-state index in [0.717, 1.165) is 21.7 Å². The summed E-state index contributed by atoms with van der Waals surface area (Å²) in [6, 6.07) is 8.33. The number of ether oxygens (including phenoxy) is 1. The molecule has 7 heteroatoms. The van der Waals surface area contributed by atoms with Gasteiger partial charge in [0, 0.05) is 20.2 Å². The molecular formula is C17H14N4OS2. The van der Waals surface area contributed by atoms with Crippen molar-refractivity contribution in [2.45, 2.75) is 19.8 Å². The van der Waals surface area contributed by atoms with E-state index in [1.807, 2.05) is 17.5 Å². The molecule has 5 nitrogen and oxygen atoms in total. The highest BCUT2D eigenvalue weighted by Crippen LogP contribution is 2.47. The zero-order valence-electron chi connectivity index (χ0n) is 13.1. The standard InChI is InChI=1S/C17H14N4OS2/c1-8-6-10(9(2)24-8)15-14-13(12-4-3-5-23-12)11(7-18)16(19)22-17(14)21-20-15/h3-6,13H,19H2,1-2H3,(H,20,21)/t13-/m1/s1. The van der Waals surface area contributed by atoms with Gasteiger partial charge in [0.05, 0.1) is 17.2 Å². The maximum absolute atomic E-state index is 9.62. The minimum atomic E-state index is -0.257. The number of aromatic amines is 1. The van der Waals surface area contributed by atoms with E-state index in [2.05, 4.69) is 36.2 Å². The fourth-order valence-electron chi connectivity index (χ4n) is 3.07. The van der Waals surface area contributed by atoms with Crippen molar-refractivity contribution in [3.63, 3.8) is 0 Å². The fraction of sp³-hybridized carbons (Fsp3) is 0.176. The Morgan fingerprint density at radius 2 is 2.25 bits per heavy atom. The molecule has 0 saturated heterocycles. The third-order valence-corrected chi connectivity index (χ3v) is 5.98. The molecular weight excluding hydrogens is 340 g/mol. The number of thiophene rings is 2. The van der Waals surface area contributed by atoms with Crippen molar-refractivity contribution in [3.8, 4) is 23.2 Å². The van der Waals surface area contributed by atoms with Gasteiger partial charge in [0.25, 0.3) is 0 Å². The molecule has 4 rings (SSSR count). The minimum Gasteiger partial charge on any atom is -0.420 e. The van der Waals surface area contributed by atoms with Gasteiger partial charge in [-0.2, -0.15) is 5.26 Å². The summed E-state index contributed by atoms with van der Waals surface area (Å²) in [5, 5.41) is 19.0. The van der Waals surface area contributed by atoms with Gasteiger partial charge in [0.15, 0.2) is 0 Å². The van der Waals surface area contributed by atoms with Crippen LogP contribution in [0.4, 0.5) is 0 Å². The predicted octanol–water partition coefficient (Wildman–Crippen LogP) is 4.03. The van der Waals surface area contributed by atoms with Gasteiger partial charge in [-0.25, -0.2) is 0 Å². The van der Waals surface area contributed by atoms with Gasteiger partial charge in [0.1, 0.15) is 11.6 Å². The predicted molar refractivity (Wildman–Crippen MR) is 95.0 cm³/mol. The van der Waals surface area contributed by atoms with Crippen molar-refractivity contribution < 1.29 is 4.74 Å². The second-order valence-corrected chi connectivity index (χ2v) is 8.02. The number of hydrogen-bond acceptors (Lipinski definition) is 6. The van der Waals surface area contributed by atoms with Gasteiger partial charge in [-0.3, -0.25) is 5.10 Å². The van der Waals surface area contributed by atoms with Crippen LogP contribution >= 0.6 is 22.7 Å². The second kappa shape index (κ2) is 5.51. The molecule has 1 aliphatic rings. The molecule has 0 spiro atoms. The molecule has 1 atom stereocenters. The van der Waals surface area contributed by atoms with Crippen LogP contribution in [0.3, 0.4) is 0 Å². The number of nitrogens with zero attached hydrogens (tertiary/aromatic N) is 2. The van der Waals surface area contributed by atoms with Gasteiger partial charge in [-0.1, -0.05) is 6.07 Å². The van der Waals surface area contributed by atoms with Crippen molar-refractivity contribution in [2.75, 3.05) is 0 Å². The molecule has 24 heavy (non-hydrogen) atoms. The summed E-state index contributed by atoms with van der Waals surface area (Å²) in [5.41, 5.74) is 9.26. The first-order chi connectivity index (χ1) is 11.6. The summed E-state index contributed by atoms with van der Waals surface area (Å²) in [6.07, 6.45) is 0. The van der Waals surface area contributed by atoms with Crippen LogP contribution < -0.4 is 10.5 Å². The molecule has 3 aromatic rings. The summed E-state index contributed by atoms with van der Waals surface area (Å²) < 4.78 is 5.61. The van der Waals surface area contributed by atoms with Crippen LogP contribution in [-0.4, -0.2) is 10.2 Å². The van der Waals surface area contributed by atoms with Crippen LogP contribution in [0.2, 0.25) is 0 Å². The smallest absolute Gasteiger partial charge is 0.244 e. The Labute approximate surface area is 147 Å². The number of aryl methyl sites for hydroxylation is 2. The molecule has 0 aliphatic carbocycles. The highest BCUT2D eigenvalue weighted by molar-refractivity contribution is 7.12. The van der Waals surface area contributed by atoms with Crippen molar-refractivity contribution in [3.05, 3.63) is 55.2 Å². The molecule has 0 saturated carbocycles. The van der Waals surface area contributed by atoms with E-state index in [1.54, 1.807) is 22.7 Å². The highest BCUT2D eigenvalue weighted by atomic mass is 32.1. The van der Waals surface area contributed by atoms with Crippen molar-refractivity contribution >= 4 is 22.7 Å². The summed E-state index contributed by atoms with van der Waals surface area (Å²) in [7, 11) is 0. The molecule has 3 aromatic heterocycles. The summed E-state index contributed by atoms with van der Waals surface area (Å²) in [4.78, 5) is 3.47. The second-order valence-electron chi connectivity index (χ2n) is 5.58. The van der Waals surface area contributed by atoms with Gasteiger partial charge in [-0.15, -0.1) is 27.8 Å². The van der Waals surface area contributed by atoms with E-state index >= 15 is 0 Å². The molecule has 1 aliphatic heterocycles. The Hall–Kier alpha value is -2.56. The van der Waals surface area contributed by atoms with Crippen LogP contribution in [0.15, 0.2) is 35.0 Å². The SMILES string of the molecule is Cc1cc(-c2[nH]nc3c2[C@@H](c2cccs2)C(C#N)=C(N)O3)c(C)s1. The number of nitriles is 1. The monoisotopic (exact) mass is 354 g/mol. The minimum absolute atomic E-state index is 0.125. The Morgan fingerprint density at radius 3 is 2.88 bits per heavy atom. The topological polar surface area (TPSA) is 87.7 Å². The third kappa shape index (κ3) is 2.15. The zero-order chi connectivity index (χ0) is 16.8. The van der Waals surface area contributed by atoms with Gasteiger partial charge in [0.2, 0.25) is 11.8 Å². The number of nitrogens with one attached hydrogen (secondary N) is 1. The lowest BCUT2D eigenvalue weighted by Crippen LogP contribution is -2.20. The van der Waals surface area contributed by atoms with Gasteiger partial charge in [-0.05, 0) is 31.4 Å². The van der Waals surface area contributed by atoms with Gasteiger partial charge >= 0.3 is 0 Å². The molecule has 120 valence electrons. The third-order valence-electron chi connectivity index (χ3n) is 4.08. The van der Waals surface area contributed by atoms with E-state index in [1.165, 1.54) is 9.75 Å². The first-order valence-electron chi connectivity index (χ1n) is 7.36. The normalized spacial score (nSPS) is 16.6. The maximum atomic E-state index is 9.62. The molecule has 4 heterocycles. The molecule has 0 bridgehead atoms. The summed E-state index contributed by atoms with van der Waals surface area (Å²) >= 11 is 3.33. The van der Waals surface area contributed by atoms with Gasteiger partial charge < -0.3 is 10.5 Å². The van der Waals surface area contributed by atoms with E-state index < -0.39 is 0 Å². The zero-order valence-corrected chi connectivity index (χ0v) is 14.7. The van der Waals surface area contributed by atoms with Crippen LogP contribution in [0.5, 0.6) is 5.88 Å². The number of allylic oxidation sites excluding steroid dienone is 1. The number of rotatable bonds is 2. The Balaban J connectivity index is 1.97. The van der Waals surface area contributed by atoms with Crippen molar-refractivity contribution in [1.82, 2.24) is 10.2 Å². The van der Waals surface area contributed by atoms with E-state index in [9.17, 15) is 5.26 Å². The lowest BCUT2D eigenvalue weighted by atomic mass is 9.87. The van der Waals surface area contributed by atoms with Crippen LogP contribution in [-0.2, 0) is 0 Å². The number of nitrogens with two attached hydrogens (primary N) is 1. The highest BCUT2D eigenvalue weighted by Gasteiger charge is 2.36. The van der Waals surface area contributed by atoms with Crippen molar-refractivity contribution in [2.24, 2.45) is 5.73 Å². The Bertz CT molecular complexity index is 989. The first-order valence-corrected chi connectivity index (χ1v) is 9.06. The maximum Gasteiger partial charge on any atom is 0.244 e. The number of hydrogen-bond donors (Lipinski definition) is 2. The van der Waals surface area contributed by atoms with E-state index in [0.29, 0.717) is 11.5 Å². The number of aromatic nitrogens is 2. The fourth-order valence-corrected chi connectivity index (χ4v) is 4.84. The molecule has 0 amide bonds. The van der Waals surface area contributed by atoms with Crippen LogP contribution in [0.1, 0.15) is 26.1 Å². The average molecular weight is 354 g/mol. The van der Waals surface area contributed by atoms with Crippen LogP contribution in [0.25, 0.3) is 11.3 Å². The Morgan fingerprint density at radius 1 is 1.42 bits per heavy atom. The lowest BCUT2D eigenvalue weighted by Gasteiger charge is -2.22. The van der Waals surface area contributed by atoms with Crippen molar-refractivity contribution in [1.29, 1.82) is 5.26 Å². The largest absolute Gasteiger partial charge is 0.420 e. The van der Waals surface area contributed by atoms with E-state index in [-0.39, 0.29) is 11.8 Å². The lowest BCUT2D eigenvalue weighted by molar-refractivity contribution is 0.379. The molecule has 0 aromatic carbocycles. The summed E-state index contributed by atoms with van der Waals surface area (Å²) in [5.74, 6) is 0.315. The van der Waals surface area contributed by atoms with Crippen LogP contribution in [0, 0.1) is 25.2 Å². The quantitative estimate of drug-likeness (QED) is 0.727. The summed E-state index contributed by atoms with van der Waals surface area (Å²) in [6.45, 7) is 4.16. The van der Waals surface area contributed by atoms with E-state index in [4.69, 9.17) is 10.5 Å².